The fraction of sp³-hybridized carbons (Fsp3) is 0.600. The fourth-order valence-electron chi connectivity index (χ4n) is 2.21. The van der Waals surface area contributed by atoms with Crippen LogP contribution >= 0.6 is 0 Å². The van der Waals surface area contributed by atoms with E-state index in [1.165, 1.54) is 5.56 Å². The molecule has 1 aromatic rings. The Morgan fingerprint density at radius 1 is 1.06 bits per heavy atom. The normalized spacial score (nSPS) is 14.1. The van der Waals surface area contributed by atoms with Crippen LogP contribution in [0.5, 0.6) is 11.5 Å². The highest BCUT2D eigenvalue weighted by atomic mass is 16.5. The van der Waals surface area contributed by atoms with Gasteiger partial charge in [-0.3, -0.25) is 0 Å². The van der Waals surface area contributed by atoms with Gasteiger partial charge in [0.2, 0.25) is 0 Å². The first-order chi connectivity index (χ1) is 8.60. The summed E-state index contributed by atoms with van der Waals surface area (Å²) < 4.78 is 10.6. The largest absolute Gasteiger partial charge is 0.497 e. The molecule has 3 heteroatoms. The molecule has 0 saturated carbocycles. The van der Waals surface area contributed by atoms with Crippen LogP contribution in [0.15, 0.2) is 18.2 Å². The van der Waals surface area contributed by atoms with Gasteiger partial charge < -0.3 is 14.8 Å². The lowest BCUT2D eigenvalue weighted by Crippen LogP contribution is -2.26. The minimum Gasteiger partial charge on any atom is -0.497 e. The molecule has 0 fully saturated rings. The number of rotatable bonds is 7. The van der Waals surface area contributed by atoms with Crippen molar-refractivity contribution in [2.75, 3.05) is 20.8 Å². The van der Waals surface area contributed by atoms with Crippen molar-refractivity contribution in [1.29, 1.82) is 0 Å². The second kappa shape index (κ2) is 7.27. The molecule has 0 spiro atoms. The highest BCUT2D eigenvalue weighted by molar-refractivity contribution is 5.39. The van der Waals surface area contributed by atoms with Crippen LogP contribution < -0.4 is 14.8 Å². The third kappa shape index (κ3) is 4.22. The molecular weight excluding hydrogens is 226 g/mol. The van der Waals surface area contributed by atoms with Crippen LogP contribution in [0.25, 0.3) is 0 Å². The monoisotopic (exact) mass is 251 g/mol. The van der Waals surface area contributed by atoms with E-state index in [4.69, 9.17) is 9.47 Å². The Morgan fingerprint density at radius 2 is 1.61 bits per heavy atom. The van der Waals surface area contributed by atoms with Crippen molar-refractivity contribution >= 4 is 0 Å². The van der Waals surface area contributed by atoms with Crippen molar-refractivity contribution in [1.82, 2.24) is 5.32 Å². The molecule has 1 aromatic carbocycles. The Balaban J connectivity index is 2.80. The molecule has 18 heavy (non-hydrogen) atoms. The van der Waals surface area contributed by atoms with Crippen molar-refractivity contribution < 1.29 is 9.47 Å². The Bertz CT molecular complexity index is 343. The second-order valence-corrected chi connectivity index (χ2v) is 4.74. The molecule has 0 aliphatic rings. The molecule has 0 aliphatic carbocycles. The van der Waals surface area contributed by atoms with Crippen LogP contribution in [0, 0.1) is 0 Å². The molecule has 1 N–H and O–H groups in total. The first-order valence-electron chi connectivity index (χ1n) is 6.57. The van der Waals surface area contributed by atoms with E-state index in [0.29, 0.717) is 12.0 Å². The maximum atomic E-state index is 5.30. The summed E-state index contributed by atoms with van der Waals surface area (Å²) >= 11 is 0. The number of hydrogen-bond donors (Lipinski definition) is 1. The van der Waals surface area contributed by atoms with E-state index in [0.717, 1.165) is 24.5 Å². The summed E-state index contributed by atoms with van der Waals surface area (Å²) in [5.74, 6) is 2.18. The minimum atomic E-state index is 0.475. The summed E-state index contributed by atoms with van der Waals surface area (Å²) in [5.41, 5.74) is 1.26. The van der Waals surface area contributed by atoms with Gasteiger partial charge in [0.25, 0.3) is 0 Å². The Hall–Kier alpha value is -1.22. The first-order valence-corrected chi connectivity index (χ1v) is 6.57. The molecule has 0 bridgehead atoms. The van der Waals surface area contributed by atoms with Gasteiger partial charge in [-0.2, -0.15) is 0 Å². The standard InChI is InChI=1S/C15H25NO2/c1-6-16-12(3)7-11(2)13-8-14(17-4)10-15(9-13)18-5/h8-12,16H,6-7H2,1-5H3. The quantitative estimate of drug-likeness (QED) is 0.807. The lowest BCUT2D eigenvalue weighted by atomic mass is 9.94. The summed E-state index contributed by atoms with van der Waals surface area (Å²) in [5, 5.41) is 3.44. The first kappa shape index (κ1) is 14.8. The second-order valence-electron chi connectivity index (χ2n) is 4.74. The average molecular weight is 251 g/mol. The molecule has 3 nitrogen and oxygen atoms in total. The van der Waals surface area contributed by atoms with Gasteiger partial charge in [0, 0.05) is 12.1 Å². The van der Waals surface area contributed by atoms with Gasteiger partial charge in [-0.25, -0.2) is 0 Å². The maximum absolute atomic E-state index is 5.30. The predicted molar refractivity (Wildman–Crippen MR) is 75.7 cm³/mol. The van der Waals surface area contributed by atoms with E-state index >= 15 is 0 Å². The summed E-state index contributed by atoms with van der Waals surface area (Å²) in [7, 11) is 3.37. The van der Waals surface area contributed by atoms with Gasteiger partial charge >= 0.3 is 0 Å². The number of nitrogens with one attached hydrogen (secondary N) is 1. The van der Waals surface area contributed by atoms with Crippen LogP contribution in [-0.2, 0) is 0 Å². The van der Waals surface area contributed by atoms with E-state index in [9.17, 15) is 0 Å². The topological polar surface area (TPSA) is 30.5 Å². The van der Waals surface area contributed by atoms with E-state index in [1.54, 1.807) is 14.2 Å². The minimum absolute atomic E-state index is 0.475. The number of ether oxygens (including phenoxy) is 2. The molecular formula is C15H25NO2. The average Bonchev–Trinajstić information content (AvgIpc) is 2.38. The summed E-state index contributed by atoms with van der Waals surface area (Å²) in [4.78, 5) is 0. The zero-order chi connectivity index (χ0) is 13.5. The highest BCUT2D eigenvalue weighted by Crippen LogP contribution is 2.29. The lowest BCUT2D eigenvalue weighted by Gasteiger charge is -2.19. The Labute approximate surface area is 110 Å². The third-order valence-electron chi connectivity index (χ3n) is 3.20. The van der Waals surface area contributed by atoms with Crippen LogP contribution in [0.1, 0.15) is 38.7 Å². The summed E-state index contributed by atoms with van der Waals surface area (Å²) in [6.45, 7) is 7.60. The third-order valence-corrected chi connectivity index (χ3v) is 3.20. The fourth-order valence-corrected chi connectivity index (χ4v) is 2.21. The van der Waals surface area contributed by atoms with Crippen molar-refractivity contribution in [2.45, 2.75) is 39.2 Å². The summed E-state index contributed by atoms with van der Waals surface area (Å²) in [6.07, 6.45) is 1.10. The van der Waals surface area contributed by atoms with Crippen molar-refractivity contribution in [3.63, 3.8) is 0 Å². The lowest BCUT2D eigenvalue weighted by molar-refractivity contribution is 0.391. The maximum Gasteiger partial charge on any atom is 0.122 e. The van der Waals surface area contributed by atoms with Gasteiger partial charge in [-0.1, -0.05) is 13.8 Å². The van der Waals surface area contributed by atoms with Crippen LogP contribution in [0.4, 0.5) is 0 Å². The Morgan fingerprint density at radius 3 is 2.06 bits per heavy atom. The zero-order valence-electron chi connectivity index (χ0n) is 12.1. The van der Waals surface area contributed by atoms with E-state index in [-0.39, 0.29) is 0 Å². The van der Waals surface area contributed by atoms with Crippen LogP contribution in [0.2, 0.25) is 0 Å². The molecule has 2 atom stereocenters. The molecule has 1 rings (SSSR count). The molecule has 102 valence electrons. The molecule has 0 saturated heterocycles. The zero-order valence-corrected chi connectivity index (χ0v) is 12.1. The SMILES string of the molecule is CCNC(C)CC(C)c1cc(OC)cc(OC)c1. The van der Waals surface area contributed by atoms with Gasteiger partial charge in [-0.05, 0) is 43.5 Å². The van der Waals surface area contributed by atoms with Gasteiger partial charge in [0.15, 0.2) is 0 Å². The van der Waals surface area contributed by atoms with Gasteiger partial charge in [-0.15, -0.1) is 0 Å². The summed E-state index contributed by atoms with van der Waals surface area (Å²) in [6, 6.07) is 6.60. The van der Waals surface area contributed by atoms with Crippen molar-refractivity contribution in [2.24, 2.45) is 0 Å². The smallest absolute Gasteiger partial charge is 0.122 e. The number of hydrogen-bond acceptors (Lipinski definition) is 3. The van der Waals surface area contributed by atoms with Crippen LogP contribution in [-0.4, -0.2) is 26.8 Å². The van der Waals surface area contributed by atoms with Crippen molar-refractivity contribution in [3.05, 3.63) is 23.8 Å². The highest BCUT2D eigenvalue weighted by Gasteiger charge is 2.12. The number of benzene rings is 1. The van der Waals surface area contributed by atoms with Gasteiger partial charge in [0.05, 0.1) is 14.2 Å². The van der Waals surface area contributed by atoms with Crippen LogP contribution in [0.3, 0.4) is 0 Å². The predicted octanol–water partition coefficient (Wildman–Crippen LogP) is 3.20. The van der Waals surface area contributed by atoms with Gasteiger partial charge in [0.1, 0.15) is 11.5 Å². The molecule has 0 amide bonds. The van der Waals surface area contributed by atoms with Crippen molar-refractivity contribution in [3.8, 4) is 11.5 Å². The molecule has 0 aromatic heterocycles. The molecule has 0 aliphatic heterocycles. The molecule has 2 unspecified atom stereocenters. The molecule has 0 radical (unpaired) electrons. The number of methoxy groups -OCH3 is 2. The van der Waals surface area contributed by atoms with E-state index in [1.807, 2.05) is 6.07 Å². The Kier molecular flexibility index (Phi) is 5.99. The van der Waals surface area contributed by atoms with E-state index in [2.05, 4.69) is 38.2 Å². The van der Waals surface area contributed by atoms with E-state index < -0.39 is 0 Å². The molecule has 0 heterocycles.